The summed E-state index contributed by atoms with van der Waals surface area (Å²) in [5.41, 5.74) is 3.43. The summed E-state index contributed by atoms with van der Waals surface area (Å²) < 4.78 is 5.30. The summed E-state index contributed by atoms with van der Waals surface area (Å²) in [6.07, 6.45) is 0.459. The van der Waals surface area contributed by atoms with Crippen LogP contribution in [0, 0.1) is 6.92 Å². The van der Waals surface area contributed by atoms with E-state index in [0.29, 0.717) is 26.1 Å². The third kappa shape index (κ3) is 5.75. The van der Waals surface area contributed by atoms with Gasteiger partial charge in [-0.2, -0.15) is 0 Å². The van der Waals surface area contributed by atoms with Gasteiger partial charge in [-0.15, -0.1) is 0 Å². The molecule has 1 amide bonds. The third-order valence-electron chi connectivity index (χ3n) is 3.65. The molecule has 2 rings (SSSR count). The number of hydrogen-bond donors (Lipinski definition) is 2. The van der Waals surface area contributed by atoms with Crippen molar-refractivity contribution in [1.29, 1.82) is 0 Å². The molecule has 2 aromatic carbocycles. The first kappa shape index (κ1) is 17.0. The number of carbonyl (C=O) groups excluding carboxylic acids is 1. The standard InChI is InChI=1S/C19H24N2O2/c1-15-7-9-16(10-8-15)13-21-19(22)11-12-20-14-17-5-3-4-6-18(17)23-2/h3-10,20H,11-14H2,1-2H3,(H,21,22). The lowest BCUT2D eigenvalue weighted by Gasteiger charge is -2.09. The molecule has 0 aliphatic heterocycles. The summed E-state index contributed by atoms with van der Waals surface area (Å²) >= 11 is 0. The summed E-state index contributed by atoms with van der Waals surface area (Å²) in [7, 11) is 1.66. The van der Waals surface area contributed by atoms with E-state index in [9.17, 15) is 4.79 Å². The molecule has 0 atom stereocenters. The number of benzene rings is 2. The maximum atomic E-state index is 11.8. The minimum Gasteiger partial charge on any atom is -0.496 e. The molecule has 0 aromatic heterocycles. The SMILES string of the molecule is COc1ccccc1CNCCC(=O)NCc1ccc(C)cc1. The number of amides is 1. The molecule has 4 nitrogen and oxygen atoms in total. The van der Waals surface area contributed by atoms with Crippen molar-refractivity contribution >= 4 is 5.91 Å². The highest BCUT2D eigenvalue weighted by Crippen LogP contribution is 2.16. The molecule has 0 aliphatic carbocycles. The van der Waals surface area contributed by atoms with Crippen molar-refractivity contribution in [1.82, 2.24) is 10.6 Å². The number of rotatable bonds is 8. The molecule has 23 heavy (non-hydrogen) atoms. The van der Waals surface area contributed by atoms with E-state index in [2.05, 4.69) is 29.7 Å². The Kier molecular flexibility index (Phi) is 6.63. The highest BCUT2D eigenvalue weighted by Gasteiger charge is 2.03. The number of methoxy groups -OCH3 is 1. The molecular formula is C19H24N2O2. The predicted molar refractivity (Wildman–Crippen MR) is 92.3 cm³/mol. The van der Waals surface area contributed by atoms with Crippen LogP contribution in [0.2, 0.25) is 0 Å². The van der Waals surface area contributed by atoms with E-state index >= 15 is 0 Å². The second-order valence-electron chi connectivity index (χ2n) is 5.50. The van der Waals surface area contributed by atoms with Gasteiger partial charge in [0.2, 0.25) is 5.91 Å². The van der Waals surface area contributed by atoms with Crippen molar-refractivity contribution in [3.05, 3.63) is 65.2 Å². The highest BCUT2D eigenvalue weighted by molar-refractivity contribution is 5.76. The molecule has 0 radical (unpaired) electrons. The van der Waals surface area contributed by atoms with Gasteiger partial charge >= 0.3 is 0 Å². The number of para-hydroxylation sites is 1. The van der Waals surface area contributed by atoms with E-state index in [1.165, 1.54) is 5.56 Å². The average molecular weight is 312 g/mol. The number of nitrogens with one attached hydrogen (secondary N) is 2. The van der Waals surface area contributed by atoms with Crippen LogP contribution in [0.4, 0.5) is 0 Å². The van der Waals surface area contributed by atoms with Gasteiger partial charge in [0.25, 0.3) is 0 Å². The van der Waals surface area contributed by atoms with E-state index in [1.54, 1.807) is 7.11 Å². The van der Waals surface area contributed by atoms with Gasteiger partial charge in [0.15, 0.2) is 0 Å². The minimum atomic E-state index is 0.0538. The predicted octanol–water partition coefficient (Wildman–Crippen LogP) is 2.80. The third-order valence-corrected chi connectivity index (χ3v) is 3.65. The molecular weight excluding hydrogens is 288 g/mol. The van der Waals surface area contributed by atoms with Crippen LogP contribution in [0.1, 0.15) is 23.1 Å². The van der Waals surface area contributed by atoms with Crippen molar-refractivity contribution < 1.29 is 9.53 Å². The van der Waals surface area contributed by atoms with Crippen LogP contribution >= 0.6 is 0 Å². The quantitative estimate of drug-likeness (QED) is 0.737. The maximum Gasteiger partial charge on any atom is 0.221 e. The van der Waals surface area contributed by atoms with Gasteiger partial charge in [0, 0.05) is 31.6 Å². The molecule has 0 heterocycles. The Morgan fingerprint density at radius 1 is 1.04 bits per heavy atom. The summed E-state index contributed by atoms with van der Waals surface area (Å²) in [6, 6.07) is 16.1. The second kappa shape index (κ2) is 8.96. The minimum absolute atomic E-state index is 0.0538. The van der Waals surface area contributed by atoms with Crippen molar-refractivity contribution in [3.63, 3.8) is 0 Å². The van der Waals surface area contributed by atoms with E-state index < -0.39 is 0 Å². The van der Waals surface area contributed by atoms with Gasteiger partial charge in [-0.3, -0.25) is 4.79 Å². The number of aryl methyl sites for hydroxylation is 1. The maximum absolute atomic E-state index is 11.8. The van der Waals surface area contributed by atoms with Crippen molar-refractivity contribution in [3.8, 4) is 5.75 Å². The molecule has 122 valence electrons. The number of ether oxygens (including phenoxy) is 1. The summed E-state index contributed by atoms with van der Waals surface area (Å²) in [5, 5.41) is 6.21. The summed E-state index contributed by atoms with van der Waals surface area (Å²) in [6.45, 7) is 3.95. The fourth-order valence-corrected chi connectivity index (χ4v) is 2.27. The Morgan fingerprint density at radius 2 is 1.78 bits per heavy atom. The van der Waals surface area contributed by atoms with Gasteiger partial charge in [-0.1, -0.05) is 48.0 Å². The van der Waals surface area contributed by atoms with E-state index in [0.717, 1.165) is 16.9 Å². The second-order valence-corrected chi connectivity index (χ2v) is 5.50. The normalized spacial score (nSPS) is 10.3. The molecule has 4 heteroatoms. The first-order chi connectivity index (χ1) is 11.2. The van der Waals surface area contributed by atoms with Gasteiger partial charge < -0.3 is 15.4 Å². The number of carbonyl (C=O) groups is 1. The number of hydrogen-bond acceptors (Lipinski definition) is 3. The Labute approximate surface area is 137 Å². The Bertz CT molecular complexity index is 624. The first-order valence-corrected chi connectivity index (χ1v) is 7.84. The molecule has 0 bridgehead atoms. The van der Waals surface area contributed by atoms with Gasteiger partial charge in [0.05, 0.1) is 7.11 Å². The topological polar surface area (TPSA) is 50.4 Å². The molecule has 0 saturated carbocycles. The van der Waals surface area contributed by atoms with E-state index in [1.807, 2.05) is 36.4 Å². The van der Waals surface area contributed by atoms with E-state index in [-0.39, 0.29) is 5.91 Å². The largest absolute Gasteiger partial charge is 0.496 e. The first-order valence-electron chi connectivity index (χ1n) is 7.84. The lowest BCUT2D eigenvalue weighted by Crippen LogP contribution is -2.27. The Hall–Kier alpha value is -2.33. The van der Waals surface area contributed by atoms with Gasteiger partial charge in [-0.05, 0) is 18.6 Å². The zero-order chi connectivity index (χ0) is 16.5. The molecule has 0 aliphatic rings. The highest BCUT2D eigenvalue weighted by atomic mass is 16.5. The summed E-state index contributed by atoms with van der Waals surface area (Å²) in [4.78, 5) is 11.8. The Morgan fingerprint density at radius 3 is 2.52 bits per heavy atom. The average Bonchev–Trinajstić information content (AvgIpc) is 2.58. The summed E-state index contributed by atoms with van der Waals surface area (Å²) in [5.74, 6) is 0.918. The van der Waals surface area contributed by atoms with Crippen LogP contribution < -0.4 is 15.4 Å². The van der Waals surface area contributed by atoms with Crippen LogP contribution in [0.25, 0.3) is 0 Å². The monoisotopic (exact) mass is 312 g/mol. The fourth-order valence-electron chi connectivity index (χ4n) is 2.27. The Balaban J connectivity index is 1.66. The smallest absolute Gasteiger partial charge is 0.221 e. The van der Waals surface area contributed by atoms with Crippen LogP contribution in [0.3, 0.4) is 0 Å². The molecule has 0 unspecified atom stereocenters. The van der Waals surface area contributed by atoms with Gasteiger partial charge in [-0.25, -0.2) is 0 Å². The van der Waals surface area contributed by atoms with Crippen LogP contribution in [0.15, 0.2) is 48.5 Å². The lowest BCUT2D eigenvalue weighted by molar-refractivity contribution is -0.121. The van der Waals surface area contributed by atoms with E-state index in [4.69, 9.17) is 4.74 Å². The van der Waals surface area contributed by atoms with Crippen molar-refractivity contribution in [2.24, 2.45) is 0 Å². The molecule has 0 saturated heterocycles. The molecule has 2 aromatic rings. The van der Waals surface area contributed by atoms with Crippen molar-refractivity contribution in [2.45, 2.75) is 26.4 Å². The molecule has 2 N–H and O–H groups in total. The van der Waals surface area contributed by atoms with Crippen LogP contribution in [-0.4, -0.2) is 19.6 Å². The lowest BCUT2D eigenvalue weighted by atomic mass is 10.1. The zero-order valence-electron chi connectivity index (χ0n) is 13.8. The van der Waals surface area contributed by atoms with Crippen LogP contribution in [-0.2, 0) is 17.9 Å². The zero-order valence-corrected chi connectivity index (χ0v) is 13.8. The molecule has 0 fully saturated rings. The van der Waals surface area contributed by atoms with Crippen molar-refractivity contribution in [2.75, 3.05) is 13.7 Å². The van der Waals surface area contributed by atoms with Gasteiger partial charge in [0.1, 0.15) is 5.75 Å². The molecule has 0 spiro atoms. The fraction of sp³-hybridized carbons (Fsp3) is 0.316. The van der Waals surface area contributed by atoms with Crippen LogP contribution in [0.5, 0.6) is 5.75 Å².